The van der Waals surface area contributed by atoms with Crippen molar-refractivity contribution in [1.29, 1.82) is 0 Å². The smallest absolute Gasteiger partial charge is 0.134 e. The molecule has 4 rings (SSSR count). The Morgan fingerprint density at radius 1 is 1.00 bits per heavy atom. The maximum Gasteiger partial charge on any atom is 0.134 e. The Morgan fingerprint density at radius 2 is 1.80 bits per heavy atom. The third-order valence-corrected chi connectivity index (χ3v) is 4.70. The first kappa shape index (κ1) is 15.6. The number of hydrogen-bond acceptors (Lipinski definition) is 4. The summed E-state index contributed by atoms with van der Waals surface area (Å²) in [5, 5.41) is 3.40. The predicted molar refractivity (Wildman–Crippen MR) is 102 cm³/mol. The number of benzene rings is 2. The molecule has 0 fully saturated rings. The molecule has 0 saturated heterocycles. The van der Waals surface area contributed by atoms with Crippen LogP contribution in [0.4, 0.5) is 11.6 Å². The molecule has 1 aliphatic rings. The monoisotopic (exact) mass is 330 g/mol. The Labute approximate surface area is 148 Å². The lowest BCUT2D eigenvalue weighted by molar-refractivity contribution is 0.719. The fourth-order valence-electron chi connectivity index (χ4n) is 3.21. The number of hydrogen-bond donors (Lipinski definition) is 1. The lowest BCUT2D eigenvalue weighted by Crippen LogP contribution is -2.31. The number of aryl methyl sites for hydroxylation is 1. The Bertz CT molecular complexity index is 858. The molecule has 0 unspecified atom stereocenters. The molecule has 126 valence electrons. The van der Waals surface area contributed by atoms with Gasteiger partial charge in [-0.1, -0.05) is 54.1 Å². The van der Waals surface area contributed by atoms with E-state index in [0.717, 1.165) is 37.7 Å². The van der Waals surface area contributed by atoms with Crippen molar-refractivity contribution in [1.82, 2.24) is 9.97 Å². The average Bonchev–Trinajstić information content (AvgIpc) is 2.67. The zero-order chi connectivity index (χ0) is 17.1. The van der Waals surface area contributed by atoms with Crippen molar-refractivity contribution in [2.45, 2.75) is 26.4 Å². The topological polar surface area (TPSA) is 41.0 Å². The molecule has 2 heterocycles. The molecule has 2 aromatic carbocycles. The molecule has 0 spiro atoms. The third-order valence-electron chi connectivity index (χ3n) is 4.70. The second-order valence-electron chi connectivity index (χ2n) is 6.54. The summed E-state index contributed by atoms with van der Waals surface area (Å²) in [6.07, 6.45) is 2.71. The van der Waals surface area contributed by atoms with Crippen LogP contribution in [0.2, 0.25) is 0 Å². The number of nitrogens with zero attached hydrogens (tertiary/aromatic N) is 3. The summed E-state index contributed by atoms with van der Waals surface area (Å²) in [5.41, 5.74) is 5.36. The van der Waals surface area contributed by atoms with Gasteiger partial charge in [-0.15, -0.1) is 0 Å². The third kappa shape index (κ3) is 3.63. The van der Waals surface area contributed by atoms with E-state index >= 15 is 0 Å². The zero-order valence-corrected chi connectivity index (χ0v) is 14.4. The van der Waals surface area contributed by atoms with Crippen LogP contribution in [0, 0.1) is 6.92 Å². The van der Waals surface area contributed by atoms with Gasteiger partial charge >= 0.3 is 0 Å². The maximum atomic E-state index is 4.48. The first-order valence-corrected chi connectivity index (χ1v) is 8.71. The molecular weight excluding hydrogens is 308 g/mol. The van der Waals surface area contributed by atoms with Crippen molar-refractivity contribution < 1.29 is 0 Å². The second kappa shape index (κ2) is 6.93. The molecule has 0 bridgehead atoms. The molecule has 1 aliphatic heterocycles. The van der Waals surface area contributed by atoms with Gasteiger partial charge in [-0.25, -0.2) is 9.97 Å². The molecule has 0 aliphatic carbocycles. The SMILES string of the molecule is Cc1ccc(CNc2cc(N3CCc4ccccc4C3)ncn2)cc1. The fraction of sp³-hybridized carbons (Fsp3) is 0.238. The number of rotatable bonds is 4. The summed E-state index contributed by atoms with van der Waals surface area (Å²) >= 11 is 0. The van der Waals surface area contributed by atoms with Crippen molar-refractivity contribution >= 4 is 11.6 Å². The van der Waals surface area contributed by atoms with Gasteiger partial charge in [0.15, 0.2) is 0 Å². The van der Waals surface area contributed by atoms with Crippen LogP contribution in [0.15, 0.2) is 60.9 Å². The molecule has 4 nitrogen and oxygen atoms in total. The van der Waals surface area contributed by atoms with E-state index in [4.69, 9.17) is 0 Å². The Balaban J connectivity index is 1.45. The molecule has 4 heteroatoms. The summed E-state index contributed by atoms with van der Waals surface area (Å²) in [6, 6.07) is 19.3. The van der Waals surface area contributed by atoms with Crippen LogP contribution in [0.1, 0.15) is 22.3 Å². The van der Waals surface area contributed by atoms with Crippen molar-refractivity contribution in [3.8, 4) is 0 Å². The van der Waals surface area contributed by atoms with Gasteiger partial charge in [-0.2, -0.15) is 0 Å². The lowest BCUT2D eigenvalue weighted by Gasteiger charge is -2.29. The molecule has 0 amide bonds. The minimum atomic E-state index is 0.763. The molecule has 0 atom stereocenters. The van der Waals surface area contributed by atoms with E-state index in [9.17, 15) is 0 Å². The second-order valence-corrected chi connectivity index (χ2v) is 6.54. The van der Waals surface area contributed by atoms with Crippen LogP contribution < -0.4 is 10.2 Å². The Kier molecular flexibility index (Phi) is 4.34. The first-order chi connectivity index (χ1) is 12.3. The van der Waals surface area contributed by atoms with Gasteiger partial charge in [-0.05, 0) is 30.0 Å². The van der Waals surface area contributed by atoms with E-state index in [2.05, 4.69) is 75.6 Å². The normalized spacial score (nSPS) is 13.4. The number of fused-ring (bicyclic) bond motifs is 1. The minimum Gasteiger partial charge on any atom is -0.366 e. The zero-order valence-electron chi connectivity index (χ0n) is 14.4. The van der Waals surface area contributed by atoms with Crippen LogP contribution in [0.5, 0.6) is 0 Å². The summed E-state index contributed by atoms with van der Waals surface area (Å²) in [6.45, 7) is 4.76. The Hall–Kier alpha value is -2.88. The highest BCUT2D eigenvalue weighted by Gasteiger charge is 2.17. The summed E-state index contributed by atoms with van der Waals surface area (Å²) in [7, 11) is 0. The average molecular weight is 330 g/mol. The van der Waals surface area contributed by atoms with E-state index < -0.39 is 0 Å². The van der Waals surface area contributed by atoms with Crippen LogP contribution in [-0.2, 0) is 19.5 Å². The molecule has 1 aromatic heterocycles. The van der Waals surface area contributed by atoms with Gasteiger partial charge in [0.05, 0.1) is 0 Å². The Morgan fingerprint density at radius 3 is 2.64 bits per heavy atom. The van der Waals surface area contributed by atoms with Crippen molar-refractivity contribution in [3.05, 3.63) is 83.2 Å². The lowest BCUT2D eigenvalue weighted by atomic mass is 10.00. The molecule has 3 aromatic rings. The molecular formula is C21H22N4. The number of aromatic nitrogens is 2. The fourth-order valence-corrected chi connectivity index (χ4v) is 3.21. The van der Waals surface area contributed by atoms with E-state index in [1.165, 1.54) is 22.3 Å². The van der Waals surface area contributed by atoms with Gasteiger partial charge < -0.3 is 10.2 Å². The van der Waals surface area contributed by atoms with E-state index in [1.54, 1.807) is 6.33 Å². The highest BCUT2D eigenvalue weighted by atomic mass is 15.2. The minimum absolute atomic E-state index is 0.763. The number of anilines is 2. The molecule has 0 saturated carbocycles. The van der Waals surface area contributed by atoms with E-state index in [1.807, 2.05) is 6.07 Å². The van der Waals surface area contributed by atoms with Gasteiger partial charge in [-0.3, -0.25) is 0 Å². The van der Waals surface area contributed by atoms with E-state index in [-0.39, 0.29) is 0 Å². The van der Waals surface area contributed by atoms with Gasteiger partial charge in [0.2, 0.25) is 0 Å². The standard InChI is InChI=1S/C21H22N4/c1-16-6-8-17(9-7-16)13-22-20-12-21(24-15-23-20)25-11-10-18-4-2-3-5-19(18)14-25/h2-9,12,15H,10-11,13-14H2,1H3,(H,22,23,24). The van der Waals surface area contributed by atoms with Crippen molar-refractivity contribution in [3.63, 3.8) is 0 Å². The quantitative estimate of drug-likeness (QED) is 0.786. The predicted octanol–water partition coefficient (Wildman–Crippen LogP) is 3.96. The van der Waals surface area contributed by atoms with Crippen LogP contribution in [-0.4, -0.2) is 16.5 Å². The van der Waals surface area contributed by atoms with Crippen LogP contribution in [0.3, 0.4) is 0 Å². The van der Waals surface area contributed by atoms with Crippen molar-refractivity contribution in [2.24, 2.45) is 0 Å². The van der Waals surface area contributed by atoms with Gasteiger partial charge in [0, 0.05) is 25.7 Å². The summed E-state index contributed by atoms with van der Waals surface area (Å²) in [5.74, 6) is 1.85. The molecule has 25 heavy (non-hydrogen) atoms. The van der Waals surface area contributed by atoms with Crippen molar-refractivity contribution in [2.75, 3.05) is 16.8 Å². The number of nitrogens with one attached hydrogen (secondary N) is 1. The summed E-state index contributed by atoms with van der Waals surface area (Å²) < 4.78 is 0. The highest BCUT2D eigenvalue weighted by Crippen LogP contribution is 2.24. The van der Waals surface area contributed by atoms with Crippen LogP contribution >= 0.6 is 0 Å². The summed E-state index contributed by atoms with van der Waals surface area (Å²) in [4.78, 5) is 11.2. The first-order valence-electron chi connectivity index (χ1n) is 8.71. The van der Waals surface area contributed by atoms with Crippen LogP contribution in [0.25, 0.3) is 0 Å². The molecule has 1 N–H and O–H groups in total. The highest BCUT2D eigenvalue weighted by molar-refractivity contribution is 5.50. The van der Waals surface area contributed by atoms with Gasteiger partial charge in [0.1, 0.15) is 18.0 Å². The van der Waals surface area contributed by atoms with Gasteiger partial charge in [0.25, 0.3) is 0 Å². The largest absolute Gasteiger partial charge is 0.366 e. The maximum absolute atomic E-state index is 4.48. The van der Waals surface area contributed by atoms with E-state index in [0.29, 0.717) is 0 Å². The molecule has 0 radical (unpaired) electrons.